The van der Waals surface area contributed by atoms with Crippen LogP contribution in [0.2, 0.25) is 0 Å². The predicted molar refractivity (Wildman–Crippen MR) is 140 cm³/mol. The first kappa shape index (κ1) is 25.1. The van der Waals surface area contributed by atoms with Crippen molar-refractivity contribution < 1.29 is 19.4 Å². The number of carboxylic acid groups (broad SMARTS) is 1. The molecule has 0 aliphatic heterocycles. The van der Waals surface area contributed by atoms with Crippen molar-refractivity contribution in [1.29, 1.82) is 0 Å². The molecule has 4 rings (SSSR count). The lowest BCUT2D eigenvalue weighted by Crippen LogP contribution is -2.27. The van der Waals surface area contributed by atoms with E-state index in [1.807, 2.05) is 24.3 Å². The Balaban J connectivity index is 1.50. The molecule has 2 aliphatic carbocycles. The zero-order valence-corrected chi connectivity index (χ0v) is 20.5. The van der Waals surface area contributed by atoms with Gasteiger partial charge >= 0.3 is 5.97 Å². The van der Waals surface area contributed by atoms with Crippen molar-refractivity contribution in [2.24, 2.45) is 11.3 Å². The summed E-state index contributed by atoms with van der Waals surface area (Å²) in [4.78, 5) is 23.7. The van der Waals surface area contributed by atoms with E-state index in [0.717, 1.165) is 49.7 Å². The molecule has 1 saturated carbocycles. The highest BCUT2D eigenvalue weighted by atomic mass is 16.5. The third kappa shape index (κ3) is 5.48. The van der Waals surface area contributed by atoms with Crippen molar-refractivity contribution in [3.05, 3.63) is 83.9 Å². The highest BCUT2D eigenvalue weighted by Crippen LogP contribution is 2.65. The minimum atomic E-state index is -0.750. The molecule has 2 aromatic carbocycles. The Morgan fingerprint density at radius 1 is 0.971 bits per heavy atom. The predicted octanol–water partition coefficient (Wildman–Crippen LogP) is 6.96. The summed E-state index contributed by atoms with van der Waals surface area (Å²) < 4.78 is 5.72. The Hall–Kier alpha value is -2.98. The van der Waals surface area contributed by atoms with E-state index in [4.69, 9.17) is 9.84 Å². The fourth-order valence-corrected chi connectivity index (χ4v) is 6.02. The number of ketones is 1. The Morgan fingerprint density at radius 3 is 2.31 bits per heavy atom. The number of ether oxygens (including phenoxy) is 1. The van der Waals surface area contributed by atoms with E-state index in [0.29, 0.717) is 31.8 Å². The van der Waals surface area contributed by atoms with Crippen LogP contribution in [0.1, 0.15) is 68.9 Å². The molecule has 4 nitrogen and oxygen atoms in total. The number of aliphatic carboxylic acids is 1. The summed E-state index contributed by atoms with van der Waals surface area (Å²) >= 11 is 0. The van der Waals surface area contributed by atoms with E-state index in [2.05, 4.69) is 43.0 Å². The van der Waals surface area contributed by atoms with Gasteiger partial charge in [0.05, 0.1) is 0 Å². The van der Waals surface area contributed by atoms with E-state index in [9.17, 15) is 9.59 Å². The van der Waals surface area contributed by atoms with Gasteiger partial charge in [-0.15, -0.1) is 0 Å². The molecule has 0 heterocycles. The molecular weight excluding hydrogens is 436 g/mol. The van der Waals surface area contributed by atoms with Gasteiger partial charge < -0.3 is 9.84 Å². The smallest absolute Gasteiger partial charge is 0.303 e. The molecule has 0 spiro atoms. The molecule has 0 radical (unpaired) electrons. The maximum absolute atomic E-state index is 13.1. The second-order valence-corrected chi connectivity index (χ2v) is 9.80. The summed E-state index contributed by atoms with van der Waals surface area (Å²) in [5.74, 6) is -0.402. The number of carboxylic acids is 1. The summed E-state index contributed by atoms with van der Waals surface area (Å²) in [6.07, 6.45) is 6.84. The SMILES string of the molecule is C=C(c1ccccc1)C12CCC(=O)C1CC(CCCCOCCCCC(=O)O)=C2c1ccccc1. The van der Waals surface area contributed by atoms with Crippen LogP contribution in [-0.2, 0) is 14.3 Å². The molecule has 4 heteroatoms. The van der Waals surface area contributed by atoms with Crippen molar-refractivity contribution in [1.82, 2.24) is 0 Å². The number of Topliss-reactive ketones (excluding diaryl/α,β-unsaturated/α-hetero) is 1. The Bertz CT molecular complexity index is 1070. The average molecular weight is 473 g/mol. The minimum absolute atomic E-state index is 0.0223. The summed E-state index contributed by atoms with van der Waals surface area (Å²) in [6, 6.07) is 20.9. The van der Waals surface area contributed by atoms with E-state index >= 15 is 0 Å². The highest BCUT2D eigenvalue weighted by molar-refractivity contribution is 6.00. The number of unbranched alkanes of at least 4 members (excludes halogenated alkanes) is 2. The largest absolute Gasteiger partial charge is 0.481 e. The summed E-state index contributed by atoms with van der Waals surface area (Å²) in [6.45, 7) is 5.90. The number of benzene rings is 2. The third-order valence-corrected chi connectivity index (χ3v) is 7.67. The number of allylic oxidation sites excluding steroid dienone is 3. The van der Waals surface area contributed by atoms with Crippen LogP contribution in [-0.4, -0.2) is 30.1 Å². The highest BCUT2D eigenvalue weighted by Gasteiger charge is 2.56. The Labute approximate surface area is 208 Å². The molecule has 2 unspecified atom stereocenters. The molecule has 35 heavy (non-hydrogen) atoms. The first-order chi connectivity index (χ1) is 17.0. The van der Waals surface area contributed by atoms with E-state index < -0.39 is 5.97 Å². The first-order valence-corrected chi connectivity index (χ1v) is 12.9. The minimum Gasteiger partial charge on any atom is -0.481 e. The van der Waals surface area contributed by atoms with Crippen molar-refractivity contribution in [2.75, 3.05) is 13.2 Å². The van der Waals surface area contributed by atoms with Gasteiger partial charge in [-0.25, -0.2) is 0 Å². The number of carbonyl (C=O) groups excluding carboxylic acids is 1. The van der Waals surface area contributed by atoms with Gasteiger partial charge in [0, 0.05) is 37.4 Å². The zero-order chi connectivity index (χ0) is 24.7. The van der Waals surface area contributed by atoms with Gasteiger partial charge in [-0.3, -0.25) is 9.59 Å². The van der Waals surface area contributed by atoms with E-state index in [1.165, 1.54) is 16.7 Å². The standard InChI is InChI=1S/C31H36O4/c1-23(24-12-4-2-5-13-24)31-19-18-28(32)27(31)22-26(30(31)25-14-6-3-7-15-25)16-8-10-20-35-21-11-9-17-29(33)34/h2-7,12-15,27H,1,8-11,16-22H2,(H,33,34). The molecule has 184 valence electrons. The first-order valence-electron chi connectivity index (χ1n) is 12.9. The van der Waals surface area contributed by atoms with Crippen LogP contribution in [0.5, 0.6) is 0 Å². The molecule has 2 aromatic rings. The Morgan fingerprint density at radius 2 is 1.63 bits per heavy atom. The van der Waals surface area contributed by atoms with Crippen LogP contribution in [0.25, 0.3) is 11.1 Å². The monoisotopic (exact) mass is 472 g/mol. The van der Waals surface area contributed by atoms with Crippen molar-refractivity contribution in [3.63, 3.8) is 0 Å². The van der Waals surface area contributed by atoms with Gasteiger partial charge in [0.25, 0.3) is 0 Å². The van der Waals surface area contributed by atoms with Gasteiger partial charge in [-0.2, -0.15) is 0 Å². The molecule has 0 bridgehead atoms. The summed E-state index contributed by atoms with van der Waals surface area (Å²) in [5.41, 5.74) is 5.82. The molecule has 0 aromatic heterocycles. The van der Waals surface area contributed by atoms with Crippen LogP contribution < -0.4 is 0 Å². The molecule has 1 N–H and O–H groups in total. The van der Waals surface area contributed by atoms with Gasteiger partial charge in [-0.1, -0.05) is 72.8 Å². The Kier molecular flexibility index (Phi) is 8.35. The van der Waals surface area contributed by atoms with Crippen LogP contribution in [0, 0.1) is 11.3 Å². The quantitative estimate of drug-likeness (QED) is 0.320. The summed E-state index contributed by atoms with van der Waals surface area (Å²) in [5, 5.41) is 8.72. The topological polar surface area (TPSA) is 63.6 Å². The fraction of sp³-hybridized carbons (Fsp3) is 0.419. The molecule has 0 saturated heterocycles. The van der Waals surface area contributed by atoms with Gasteiger partial charge in [0.15, 0.2) is 0 Å². The van der Waals surface area contributed by atoms with Crippen molar-refractivity contribution in [3.8, 4) is 0 Å². The number of hydrogen-bond donors (Lipinski definition) is 1. The zero-order valence-electron chi connectivity index (χ0n) is 20.5. The third-order valence-electron chi connectivity index (χ3n) is 7.67. The maximum Gasteiger partial charge on any atom is 0.303 e. The van der Waals surface area contributed by atoms with Crippen molar-refractivity contribution >= 4 is 22.9 Å². The van der Waals surface area contributed by atoms with Crippen LogP contribution in [0.3, 0.4) is 0 Å². The summed E-state index contributed by atoms with van der Waals surface area (Å²) in [7, 11) is 0. The molecule has 1 fully saturated rings. The lowest BCUT2D eigenvalue weighted by Gasteiger charge is -2.35. The lowest BCUT2D eigenvalue weighted by molar-refractivity contribution is -0.137. The number of hydrogen-bond acceptors (Lipinski definition) is 3. The number of fused-ring (bicyclic) bond motifs is 1. The fourth-order valence-electron chi connectivity index (χ4n) is 6.02. The van der Waals surface area contributed by atoms with Gasteiger partial charge in [0.1, 0.15) is 5.78 Å². The van der Waals surface area contributed by atoms with Crippen LogP contribution in [0.4, 0.5) is 0 Å². The normalized spacial score (nSPS) is 21.4. The molecule has 2 aliphatic rings. The van der Waals surface area contributed by atoms with Crippen molar-refractivity contribution in [2.45, 2.75) is 57.8 Å². The van der Waals surface area contributed by atoms with Crippen LogP contribution in [0.15, 0.2) is 72.8 Å². The molecule has 0 amide bonds. The van der Waals surface area contributed by atoms with E-state index in [1.54, 1.807) is 0 Å². The molecular formula is C31H36O4. The van der Waals surface area contributed by atoms with Gasteiger partial charge in [-0.05, 0) is 67.2 Å². The average Bonchev–Trinajstić information content (AvgIpc) is 3.38. The van der Waals surface area contributed by atoms with E-state index in [-0.39, 0.29) is 17.8 Å². The number of rotatable bonds is 13. The van der Waals surface area contributed by atoms with Gasteiger partial charge in [0.2, 0.25) is 0 Å². The second kappa shape index (κ2) is 11.6. The second-order valence-electron chi connectivity index (χ2n) is 9.80. The maximum atomic E-state index is 13.1. The molecule has 2 atom stereocenters. The number of carbonyl (C=O) groups is 2. The van der Waals surface area contributed by atoms with Crippen LogP contribution >= 0.6 is 0 Å². The lowest BCUT2D eigenvalue weighted by atomic mass is 9.66.